The maximum Gasteiger partial charge on any atom is 0.258 e. The first-order chi connectivity index (χ1) is 21.2. The Balaban J connectivity index is 1.59. The molecular weight excluding hydrogens is 554 g/mol. The number of aliphatic hydroxyl groups is 1. The second kappa shape index (κ2) is 16.9. The van der Waals surface area contributed by atoms with Gasteiger partial charge in [-0.25, -0.2) is 0 Å². The minimum Gasteiger partial charge on any atom is -0.490 e. The Hall–Kier alpha value is -2.94. The van der Waals surface area contributed by atoms with E-state index < -0.39 is 6.04 Å². The number of fused-ring (bicyclic) bond motifs is 1. The van der Waals surface area contributed by atoms with Gasteiger partial charge in [0.15, 0.2) is 0 Å². The molecule has 2 aliphatic rings. The fraction of sp³-hybridized carbons (Fsp3) is 0.611. The third-order valence-corrected chi connectivity index (χ3v) is 9.13. The van der Waals surface area contributed by atoms with Gasteiger partial charge in [-0.15, -0.1) is 0 Å². The van der Waals surface area contributed by atoms with Crippen LogP contribution in [-0.2, 0) is 4.74 Å². The van der Waals surface area contributed by atoms with Gasteiger partial charge in [0, 0.05) is 43.4 Å². The van der Waals surface area contributed by atoms with Gasteiger partial charge in [0.2, 0.25) is 0 Å². The van der Waals surface area contributed by atoms with Gasteiger partial charge < -0.3 is 29.7 Å². The van der Waals surface area contributed by atoms with Crippen LogP contribution in [0.25, 0.3) is 0 Å². The Morgan fingerprint density at radius 3 is 2.48 bits per heavy atom. The van der Waals surface area contributed by atoms with E-state index in [-0.39, 0.29) is 36.5 Å². The number of aliphatic hydroxyl groups excluding tert-OH is 1. The number of likely N-dealkylation sites (N-methyl/N-ethyl adjacent to an activating group) is 1. The predicted molar refractivity (Wildman–Crippen MR) is 175 cm³/mol. The summed E-state index contributed by atoms with van der Waals surface area (Å²) in [7, 11) is 2.19. The molecule has 8 heteroatoms. The van der Waals surface area contributed by atoms with Crippen molar-refractivity contribution in [2.24, 2.45) is 11.8 Å². The van der Waals surface area contributed by atoms with E-state index in [0.29, 0.717) is 35.7 Å². The number of carbonyl (C=O) groups is 2. The minimum atomic E-state index is -0.411. The summed E-state index contributed by atoms with van der Waals surface area (Å²) >= 11 is 0. The number of amides is 2. The average Bonchev–Trinajstić information content (AvgIpc) is 3.03. The molecule has 242 valence electrons. The minimum absolute atomic E-state index is 0.0361. The molecule has 1 aliphatic heterocycles. The summed E-state index contributed by atoms with van der Waals surface area (Å²) < 4.78 is 12.9. The Bertz CT molecular complexity index is 1190. The molecule has 8 nitrogen and oxygen atoms in total. The number of anilines is 1. The number of benzene rings is 2. The lowest BCUT2D eigenvalue weighted by molar-refractivity contribution is -0.0190. The molecule has 2 aromatic rings. The fourth-order valence-electron chi connectivity index (χ4n) is 6.45. The number of nitrogens with zero attached hydrogens (tertiary/aromatic N) is 2. The molecule has 1 saturated carbocycles. The molecule has 0 radical (unpaired) electrons. The highest BCUT2D eigenvalue weighted by Crippen LogP contribution is 2.29. The SMILES string of the molecule is C[C@H](CO)N1C[C@H](C)[C@@H](CN(C)CC2CCCCC2)OCCCC[C@H](C)Oc2ccc(NC(=O)c3ccccc3)cc2C1=O. The molecule has 0 spiro atoms. The van der Waals surface area contributed by atoms with E-state index in [1.807, 2.05) is 32.0 Å². The standard InChI is InChI=1S/C36H53N3O5/c1-26-22-39(27(2)25-40)36(42)32-21-31(37-35(41)30-16-9-6-10-17-30)18-19-33(32)44-28(3)13-11-12-20-43-34(26)24-38(4)23-29-14-7-5-8-15-29/h6,9-10,16-19,21,26-29,34,40H,5,7-8,11-15,20,22-25H2,1-4H3,(H,37,41)/t26-,27+,28-,34+/m0/s1. The molecule has 44 heavy (non-hydrogen) atoms. The van der Waals surface area contributed by atoms with Crippen molar-refractivity contribution in [1.29, 1.82) is 0 Å². The van der Waals surface area contributed by atoms with Gasteiger partial charge in [-0.1, -0.05) is 44.4 Å². The van der Waals surface area contributed by atoms with E-state index in [1.165, 1.54) is 32.1 Å². The maximum atomic E-state index is 14.3. The van der Waals surface area contributed by atoms with Crippen LogP contribution >= 0.6 is 0 Å². The quantitative estimate of drug-likeness (QED) is 0.369. The smallest absolute Gasteiger partial charge is 0.258 e. The van der Waals surface area contributed by atoms with Gasteiger partial charge in [0.05, 0.1) is 30.4 Å². The highest BCUT2D eigenvalue weighted by Gasteiger charge is 2.31. The summed E-state index contributed by atoms with van der Waals surface area (Å²) in [5.74, 6) is 0.779. The van der Waals surface area contributed by atoms with Gasteiger partial charge in [-0.2, -0.15) is 0 Å². The van der Waals surface area contributed by atoms with E-state index in [9.17, 15) is 14.7 Å². The van der Waals surface area contributed by atoms with E-state index in [2.05, 4.69) is 24.2 Å². The highest BCUT2D eigenvalue weighted by atomic mass is 16.5. The molecule has 0 aromatic heterocycles. The molecule has 2 aromatic carbocycles. The van der Waals surface area contributed by atoms with E-state index >= 15 is 0 Å². The van der Waals surface area contributed by atoms with E-state index in [4.69, 9.17) is 9.47 Å². The molecule has 1 heterocycles. The first-order valence-electron chi connectivity index (χ1n) is 16.6. The van der Waals surface area contributed by atoms with Gasteiger partial charge in [-0.05, 0) is 89.2 Å². The predicted octanol–water partition coefficient (Wildman–Crippen LogP) is 6.25. The molecule has 4 atom stereocenters. The Kier molecular flexibility index (Phi) is 13.1. The van der Waals surface area contributed by atoms with Gasteiger partial charge in [-0.3, -0.25) is 9.59 Å². The van der Waals surface area contributed by atoms with Crippen molar-refractivity contribution in [1.82, 2.24) is 9.80 Å². The zero-order valence-corrected chi connectivity index (χ0v) is 27.2. The molecule has 4 rings (SSSR count). The van der Waals surface area contributed by atoms with Crippen LogP contribution in [-0.4, -0.2) is 84.9 Å². The average molecular weight is 608 g/mol. The summed E-state index contributed by atoms with van der Waals surface area (Å²) in [4.78, 5) is 31.4. The summed E-state index contributed by atoms with van der Waals surface area (Å²) in [5.41, 5.74) is 1.42. The maximum absolute atomic E-state index is 14.3. The number of nitrogens with one attached hydrogen (secondary N) is 1. The van der Waals surface area contributed by atoms with Crippen LogP contribution in [0.15, 0.2) is 48.5 Å². The zero-order chi connectivity index (χ0) is 31.5. The monoisotopic (exact) mass is 607 g/mol. The Labute approximate surface area is 264 Å². The van der Waals surface area contributed by atoms with Crippen LogP contribution in [0.4, 0.5) is 5.69 Å². The van der Waals surface area contributed by atoms with Crippen molar-refractivity contribution >= 4 is 17.5 Å². The third-order valence-electron chi connectivity index (χ3n) is 9.13. The molecule has 0 bridgehead atoms. The van der Waals surface area contributed by atoms with E-state index in [1.54, 1.807) is 35.2 Å². The zero-order valence-electron chi connectivity index (χ0n) is 27.2. The lowest BCUT2D eigenvalue weighted by Crippen LogP contribution is -2.47. The summed E-state index contributed by atoms with van der Waals surface area (Å²) in [6.45, 7) is 8.84. The number of hydrogen-bond donors (Lipinski definition) is 2. The van der Waals surface area contributed by atoms with E-state index in [0.717, 1.165) is 38.3 Å². The molecule has 1 aliphatic carbocycles. The summed E-state index contributed by atoms with van der Waals surface area (Å²) in [6.07, 6.45) is 9.19. The molecule has 2 amide bonds. The molecular formula is C36H53N3O5. The number of rotatable bonds is 8. The normalized spacial score (nSPS) is 23.4. The van der Waals surface area contributed by atoms with Crippen LogP contribution in [0, 0.1) is 11.8 Å². The van der Waals surface area contributed by atoms with Crippen molar-refractivity contribution < 1.29 is 24.2 Å². The molecule has 2 N–H and O–H groups in total. The largest absolute Gasteiger partial charge is 0.490 e. The Morgan fingerprint density at radius 1 is 1.02 bits per heavy atom. The number of hydrogen-bond acceptors (Lipinski definition) is 6. The Morgan fingerprint density at radius 2 is 1.75 bits per heavy atom. The fourth-order valence-corrected chi connectivity index (χ4v) is 6.45. The third kappa shape index (κ3) is 9.78. The van der Waals surface area contributed by atoms with Crippen LogP contribution < -0.4 is 10.1 Å². The van der Waals surface area contributed by atoms with Gasteiger partial charge in [0.1, 0.15) is 5.75 Å². The number of ether oxygens (including phenoxy) is 2. The van der Waals surface area contributed by atoms with Crippen molar-refractivity contribution in [3.63, 3.8) is 0 Å². The van der Waals surface area contributed by atoms with Crippen molar-refractivity contribution in [2.45, 2.75) is 90.4 Å². The summed E-state index contributed by atoms with van der Waals surface area (Å²) in [6, 6.07) is 13.8. The van der Waals surface area contributed by atoms with Gasteiger partial charge >= 0.3 is 0 Å². The molecule has 0 saturated heterocycles. The van der Waals surface area contributed by atoms with Crippen molar-refractivity contribution in [2.75, 3.05) is 45.2 Å². The highest BCUT2D eigenvalue weighted by molar-refractivity contribution is 6.05. The van der Waals surface area contributed by atoms with Crippen LogP contribution in [0.1, 0.15) is 92.9 Å². The second-order valence-corrected chi connectivity index (χ2v) is 13.1. The topological polar surface area (TPSA) is 91.3 Å². The van der Waals surface area contributed by atoms with Gasteiger partial charge in [0.25, 0.3) is 11.8 Å². The second-order valence-electron chi connectivity index (χ2n) is 13.1. The van der Waals surface area contributed by atoms with Crippen LogP contribution in [0.5, 0.6) is 5.75 Å². The lowest BCUT2D eigenvalue weighted by Gasteiger charge is -2.36. The van der Waals surface area contributed by atoms with Crippen LogP contribution in [0.2, 0.25) is 0 Å². The molecule has 0 unspecified atom stereocenters. The van der Waals surface area contributed by atoms with Crippen molar-refractivity contribution in [3.8, 4) is 5.75 Å². The molecule has 1 fully saturated rings. The van der Waals surface area contributed by atoms with Crippen LogP contribution in [0.3, 0.4) is 0 Å². The lowest BCUT2D eigenvalue weighted by atomic mass is 9.89. The summed E-state index contributed by atoms with van der Waals surface area (Å²) in [5, 5.41) is 13.2. The number of carbonyl (C=O) groups excluding carboxylic acids is 2. The first kappa shape index (κ1) is 33.9. The first-order valence-corrected chi connectivity index (χ1v) is 16.6. The van der Waals surface area contributed by atoms with Crippen molar-refractivity contribution in [3.05, 3.63) is 59.7 Å².